The number of hydrogen-bond donors (Lipinski definition) is 0. The molecule has 2 fully saturated rings. The van der Waals surface area contributed by atoms with Gasteiger partial charge in [-0.2, -0.15) is 5.26 Å². The van der Waals surface area contributed by atoms with Crippen molar-refractivity contribution in [2.24, 2.45) is 0 Å². The van der Waals surface area contributed by atoms with Crippen molar-refractivity contribution in [3.63, 3.8) is 0 Å². The van der Waals surface area contributed by atoms with Gasteiger partial charge in [0.05, 0.1) is 12.7 Å². The first-order chi connectivity index (χ1) is 5.40. The second kappa shape index (κ2) is 2.80. The molecule has 0 aromatic heterocycles. The minimum Gasteiger partial charge on any atom is -0.360 e. The van der Waals surface area contributed by atoms with E-state index >= 15 is 0 Å². The van der Waals surface area contributed by atoms with Gasteiger partial charge in [-0.3, -0.25) is 4.90 Å². The van der Waals surface area contributed by atoms with Crippen molar-refractivity contribution < 1.29 is 4.74 Å². The van der Waals surface area contributed by atoms with Crippen molar-refractivity contribution in [3.05, 3.63) is 0 Å². The SMILES string of the molecule is N#CC1CN2CCCC2CO1. The number of morpholine rings is 1. The Morgan fingerprint density at radius 3 is 3.27 bits per heavy atom. The summed E-state index contributed by atoms with van der Waals surface area (Å²) in [7, 11) is 0. The number of rotatable bonds is 0. The normalized spacial score (nSPS) is 38.1. The Morgan fingerprint density at radius 1 is 1.55 bits per heavy atom. The fourth-order valence-electron chi connectivity index (χ4n) is 1.90. The molecule has 0 saturated carbocycles. The molecule has 0 aromatic rings. The molecule has 2 unspecified atom stereocenters. The number of hydrogen-bond acceptors (Lipinski definition) is 3. The number of nitrogens with zero attached hydrogens (tertiary/aromatic N) is 2. The number of nitriles is 1. The van der Waals surface area contributed by atoms with Crippen molar-refractivity contribution >= 4 is 0 Å². The molecule has 2 saturated heterocycles. The van der Waals surface area contributed by atoms with Crippen LogP contribution in [0.25, 0.3) is 0 Å². The van der Waals surface area contributed by atoms with Crippen LogP contribution in [0.15, 0.2) is 0 Å². The van der Waals surface area contributed by atoms with E-state index in [9.17, 15) is 0 Å². The summed E-state index contributed by atoms with van der Waals surface area (Å²) in [5, 5.41) is 8.61. The van der Waals surface area contributed by atoms with E-state index in [0.717, 1.165) is 19.7 Å². The topological polar surface area (TPSA) is 36.3 Å². The van der Waals surface area contributed by atoms with Gasteiger partial charge in [0, 0.05) is 12.6 Å². The van der Waals surface area contributed by atoms with Crippen LogP contribution in [0.5, 0.6) is 0 Å². The first-order valence-corrected chi connectivity index (χ1v) is 4.15. The summed E-state index contributed by atoms with van der Waals surface area (Å²) in [5.41, 5.74) is 0. The molecule has 2 atom stereocenters. The van der Waals surface area contributed by atoms with Gasteiger partial charge in [0.15, 0.2) is 6.10 Å². The van der Waals surface area contributed by atoms with Crippen LogP contribution in [-0.2, 0) is 4.74 Å². The Kier molecular flexibility index (Phi) is 1.80. The Bertz CT molecular complexity index is 187. The van der Waals surface area contributed by atoms with E-state index in [-0.39, 0.29) is 6.10 Å². The third-order valence-electron chi connectivity index (χ3n) is 2.53. The van der Waals surface area contributed by atoms with Crippen molar-refractivity contribution in [1.29, 1.82) is 5.26 Å². The first-order valence-electron chi connectivity index (χ1n) is 4.15. The standard InChI is InChI=1S/C8H12N2O/c9-4-8-5-10-3-1-2-7(10)6-11-8/h7-8H,1-3,5-6H2. The third kappa shape index (κ3) is 1.24. The zero-order valence-corrected chi connectivity index (χ0v) is 6.49. The van der Waals surface area contributed by atoms with Gasteiger partial charge in [-0.1, -0.05) is 0 Å². The van der Waals surface area contributed by atoms with E-state index in [4.69, 9.17) is 10.00 Å². The average Bonchev–Trinajstić information content (AvgIpc) is 2.50. The summed E-state index contributed by atoms with van der Waals surface area (Å²) in [4.78, 5) is 2.37. The van der Waals surface area contributed by atoms with Crippen molar-refractivity contribution in [2.45, 2.75) is 25.0 Å². The second-order valence-corrected chi connectivity index (χ2v) is 3.24. The molecule has 0 bridgehead atoms. The van der Waals surface area contributed by atoms with E-state index < -0.39 is 0 Å². The lowest BCUT2D eigenvalue weighted by Crippen LogP contribution is -2.45. The van der Waals surface area contributed by atoms with Crippen LogP contribution in [0, 0.1) is 11.3 Å². The van der Waals surface area contributed by atoms with Gasteiger partial charge in [0.1, 0.15) is 0 Å². The lowest BCUT2D eigenvalue weighted by molar-refractivity contribution is -0.0217. The molecular weight excluding hydrogens is 140 g/mol. The van der Waals surface area contributed by atoms with Crippen LogP contribution < -0.4 is 0 Å². The minimum absolute atomic E-state index is 0.177. The predicted molar refractivity (Wildman–Crippen MR) is 39.9 cm³/mol. The fraction of sp³-hybridized carbons (Fsp3) is 0.875. The van der Waals surface area contributed by atoms with Crippen LogP contribution in [-0.4, -0.2) is 36.7 Å². The molecule has 2 aliphatic rings. The molecule has 0 amide bonds. The molecule has 0 aliphatic carbocycles. The Morgan fingerprint density at radius 2 is 2.45 bits per heavy atom. The van der Waals surface area contributed by atoms with Gasteiger partial charge in [0.25, 0.3) is 0 Å². The summed E-state index contributed by atoms with van der Waals surface area (Å²) < 4.78 is 5.34. The molecule has 0 N–H and O–H groups in total. The smallest absolute Gasteiger partial charge is 0.156 e. The van der Waals surface area contributed by atoms with Gasteiger partial charge in [-0.15, -0.1) is 0 Å². The Hall–Kier alpha value is -0.590. The summed E-state index contributed by atoms with van der Waals surface area (Å²) in [6, 6.07) is 2.76. The second-order valence-electron chi connectivity index (χ2n) is 3.24. The molecule has 0 aromatic carbocycles. The molecule has 2 rings (SSSR count). The Balaban J connectivity index is 1.97. The fourth-order valence-corrected chi connectivity index (χ4v) is 1.90. The van der Waals surface area contributed by atoms with Gasteiger partial charge < -0.3 is 4.74 Å². The molecule has 3 heteroatoms. The zero-order chi connectivity index (χ0) is 7.68. The maximum atomic E-state index is 8.61. The quantitative estimate of drug-likeness (QED) is 0.503. The molecule has 2 heterocycles. The molecule has 0 spiro atoms. The summed E-state index contributed by atoms with van der Waals surface area (Å²) in [6.07, 6.45) is 2.34. The molecule has 60 valence electrons. The maximum Gasteiger partial charge on any atom is 0.156 e. The van der Waals surface area contributed by atoms with Gasteiger partial charge in [0.2, 0.25) is 0 Å². The Labute approximate surface area is 66.5 Å². The van der Waals surface area contributed by atoms with Gasteiger partial charge in [-0.05, 0) is 19.4 Å². The lowest BCUT2D eigenvalue weighted by Gasteiger charge is -2.31. The third-order valence-corrected chi connectivity index (χ3v) is 2.53. The highest BCUT2D eigenvalue weighted by Gasteiger charge is 2.31. The van der Waals surface area contributed by atoms with Gasteiger partial charge >= 0.3 is 0 Å². The summed E-state index contributed by atoms with van der Waals surface area (Å²) in [6.45, 7) is 2.74. The zero-order valence-electron chi connectivity index (χ0n) is 6.49. The van der Waals surface area contributed by atoms with Crippen LogP contribution in [0.3, 0.4) is 0 Å². The van der Waals surface area contributed by atoms with Crippen LogP contribution >= 0.6 is 0 Å². The van der Waals surface area contributed by atoms with Crippen LogP contribution in [0.1, 0.15) is 12.8 Å². The number of fused-ring (bicyclic) bond motifs is 1. The molecule has 3 nitrogen and oxygen atoms in total. The van der Waals surface area contributed by atoms with E-state index in [1.54, 1.807) is 0 Å². The highest BCUT2D eigenvalue weighted by atomic mass is 16.5. The van der Waals surface area contributed by atoms with E-state index in [0.29, 0.717) is 6.04 Å². The van der Waals surface area contributed by atoms with E-state index in [1.807, 2.05) is 0 Å². The van der Waals surface area contributed by atoms with Crippen LogP contribution in [0.2, 0.25) is 0 Å². The minimum atomic E-state index is -0.177. The van der Waals surface area contributed by atoms with E-state index in [2.05, 4.69) is 11.0 Å². The van der Waals surface area contributed by atoms with Crippen LogP contribution in [0.4, 0.5) is 0 Å². The predicted octanol–water partition coefficient (Wildman–Crippen LogP) is 0.373. The van der Waals surface area contributed by atoms with Gasteiger partial charge in [-0.25, -0.2) is 0 Å². The summed E-state index contributed by atoms with van der Waals surface area (Å²) >= 11 is 0. The number of ether oxygens (including phenoxy) is 1. The largest absolute Gasteiger partial charge is 0.360 e. The van der Waals surface area contributed by atoms with Crippen molar-refractivity contribution in [3.8, 4) is 6.07 Å². The molecule has 2 aliphatic heterocycles. The lowest BCUT2D eigenvalue weighted by atomic mass is 10.2. The first kappa shape index (κ1) is 7.08. The highest BCUT2D eigenvalue weighted by molar-refractivity contribution is 4.94. The highest BCUT2D eigenvalue weighted by Crippen LogP contribution is 2.21. The molecule has 11 heavy (non-hydrogen) atoms. The van der Waals surface area contributed by atoms with Crippen molar-refractivity contribution in [2.75, 3.05) is 19.7 Å². The summed E-state index contributed by atoms with van der Waals surface area (Å²) in [5.74, 6) is 0. The maximum absolute atomic E-state index is 8.61. The van der Waals surface area contributed by atoms with E-state index in [1.165, 1.54) is 12.8 Å². The van der Waals surface area contributed by atoms with Crippen molar-refractivity contribution in [1.82, 2.24) is 4.90 Å². The molecule has 0 radical (unpaired) electrons. The average molecular weight is 152 g/mol. The monoisotopic (exact) mass is 152 g/mol. The molecular formula is C8H12N2O.